The van der Waals surface area contributed by atoms with Crippen LogP contribution >= 0.6 is 0 Å². The smallest absolute Gasteiger partial charge is 0.165 e. The quantitative estimate of drug-likeness (QED) is 0.875. The molecule has 1 aromatic rings. The maximum atomic E-state index is 13.8. The van der Waals surface area contributed by atoms with Crippen molar-refractivity contribution in [2.75, 3.05) is 20.3 Å². The van der Waals surface area contributed by atoms with E-state index in [4.69, 9.17) is 9.47 Å². The van der Waals surface area contributed by atoms with E-state index in [2.05, 4.69) is 5.32 Å². The van der Waals surface area contributed by atoms with Crippen LogP contribution in [0, 0.1) is 5.82 Å². The third-order valence-electron chi connectivity index (χ3n) is 3.33. The van der Waals surface area contributed by atoms with Gasteiger partial charge in [0.15, 0.2) is 11.6 Å². The van der Waals surface area contributed by atoms with Gasteiger partial charge in [0.05, 0.1) is 6.10 Å². The van der Waals surface area contributed by atoms with Crippen LogP contribution < -0.4 is 10.1 Å². The number of hydrogen-bond acceptors (Lipinski definition) is 3. The molecule has 0 aliphatic carbocycles. The van der Waals surface area contributed by atoms with Crippen LogP contribution in [-0.2, 0) is 4.74 Å². The van der Waals surface area contributed by atoms with Crippen LogP contribution in [0.2, 0.25) is 0 Å². The molecule has 1 aliphatic heterocycles. The zero-order valence-corrected chi connectivity index (χ0v) is 10.9. The van der Waals surface area contributed by atoms with Gasteiger partial charge in [0, 0.05) is 18.2 Å². The van der Waals surface area contributed by atoms with E-state index in [1.165, 1.54) is 6.07 Å². The number of benzene rings is 1. The summed E-state index contributed by atoms with van der Waals surface area (Å²) in [6.07, 6.45) is 2.15. The summed E-state index contributed by atoms with van der Waals surface area (Å²) in [5.74, 6) is 0.0300. The molecular formula is C14H20FNO2. The van der Waals surface area contributed by atoms with Gasteiger partial charge in [-0.05, 0) is 32.9 Å². The molecule has 0 saturated carbocycles. The van der Waals surface area contributed by atoms with Gasteiger partial charge in [0.25, 0.3) is 0 Å². The molecule has 0 amide bonds. The SMILES string of the molecule is CNC(C)c1cccc(F)c1OCC1CCCO1. The first-order chi connectivity index (χ1) is 8.72. The summed E-state index contributed by atoms with van der Waals surface area (Å²) < 4.78 is 24.9. The van der Waals surface area contributed by atoms with Crippen molar-refractivity contribution >= 4 is 0 Å². The van der Waals surface area contributed by atoms with Gasteiger partial charge >= 0.3 is 0 Å². The number of hydrogen-bond donors (Lipinski definition) is 1. The summed E-state index contributed by atoms with van der Waals surface area (Å²) >= 11 is 0. The number of rotatable bonds is 5. The van der Waals surface area contributed by atoms with E-state index in [1.807, 2.05) is 20.0 Å². The molecule has 1 saturated heterocycles. The molecule has 1 heterocycles. The molecule has 18 heavy (non-hydrogen) atoms. The van der Waals surface area contributed by atoms with Gasteiger partial charge in [0.1, 0.15) is 6.61 Å². The lowest BCUT2D eigenvalue weighted by molar-refractivity contribution is 0.0660. The lowest BCUT2D eigenvalue weighted by Crippen LogP contribution is -2.19. The molecule has 0 bridgehead atoms. The standard InChI is InChI=1S/C14H20FNO2/c1-10(16-2)12-6-3-7-13(15)14(12)18-9-11-5-4-8-17-11/h3,6-7,10-11,16H,4-5,8-9H2,1-2H3. The molecule has 100 valence electrons. The van der Waals surface area contributed by atoms with Crippen LogP contribution in [0.4, 0.5) is 4.39 Å². The van der Waals surface area contributed by atoms with E-state index in [9.17, 15) is 4.39 Å². The second kappa shape index (κ2) is 6.16. The Morgan fingerprint density at radius 3 is 3.06 bits per heavy atom. The summed E-state index contributed by atoms with van der Waals surface area (Å²) in [4.78, 5) is 0. The van der Waals surface area contributed by atoms with Crippen molar-refractivity contribution in [3.63, 3.8) is 0 Å². The third kappa shape index (κ3) is 3.00. The Kier molecular flexibility index (Phi) is 4.55. The Morgan fingerprint density at radius 2 is 2.39 bits per heavy atom. The monoisotopic (exact) mass is 253 g/mol. The highest BCUT2D eigenvalue weighted by molar-refractivity contribution is 5.37. The zero-order chi connectivity index (χ0) is 13.0. The largest absolute Gasteiger partial charge is 0.487 e. The van der Waals surface area contributed by atoms with Gasteiger partial charge < -0.3 is 14.8 Å². The van der Waals surface area contributed by atoms with E-state index in [-0.39, 0.29) is 18.0 Å². The van der Waals surface area contributed by atoms with E-state index in [0.717, 1.165) is 25.0 Å². The van der Waals surface area contributed by atoms with Crippen LogP contribution in [0.1, 0.15) is 31.4 Å². The number of nitrogens with one attached hydrogen (secondary N) is 1. The Hall–Kier alpha value is -1.13. The molecule has 2 atom stereocenters. The molecular weight excluding hydrogens is 233 g/mol. The lowest BCUT2D eigenvalue weighted by atomic mass is 10.1. The van der Waals surface area contributed by atoms with Gasteiger partial charge in [-0.2, -0.15) is 0 Å². The second-order valence-electron chi connectivity index (χ2n) is 4.61. The molecule has 1 N–H and O–H groups in total. The topological polar surface area (TPSA) is 30.5 Å². The van der Waals surface area contributed by atoms with Gasteiger partial charge in [-0.15, -0.1) is 0 Å². The van der Waals surface area contributed by atoms with Crippen molar-refractivity contribution in [1.29, 1.82) is 0 Å². The van der Waals surface area contributed by atoms with Crippen LogP contribution in [-0.4, -0.2) is 26.4 Å². The molecule has 1 fully saturated rings. The van der Waals surface area contributed by atoms with Crippen molar-refractivity contribution in [2.45, 2.75) is 31.9 Å². The van der Waals surface area contributed by atoms with Crippen LogP contribution in [0.15, 0.2) is 18.2 Å². The average molecular weight is 253 g/mol. The summed E-state index contributed by atoms with van der Waals surface area (Å²) in [5.41, 5.74) is 0.843. The van der Waals surface area contributed by atoms with Gasteiger partial charge in [-0.1, -0.05) is 12.1 Å². The fraction of sp³-hybridized carbons (Fsp3) is 0.571. The van der Waals surface area contributed by atoms with Gasteiger partial charge in [0.2, 0.25) is 0 Å². The molecule has 0 spiro atoms. The number of ether oxygens (including phenoxy) is 2. The first-order valence-corrected chi connectivity index (χ1v) is 6.42. The predicted molar refractivity (Wildman–Crippen MR) is 68.3 cm³/mol. The van der Waals surface area contributed by atoms with Gasteiger partial charge in [-0.25, -0.2) is 4.39 Å². The molecule has 1 aromatic carbocycles. The van der Waals surface area contributed by atoms with Gasteiger partial charge in [-0.3, -0.25) is 0 Å². The summed E-state index contributed by atoms with van der Waals surface area (Å²) in [6, 6.07) is 5.07. The number of halogens is 1. The maximum Gasteiger partial charge on any atom is 0.165 e. The minimum Gasteiger partial charge on any atom is -0.487 e. The molecule has 4 heteroatoms. The van der Waals surface area contributed by atoms with Crippen LogP contribution in [0.25, 0.3) is 0 Å². The molecule has 0 aromatic heterocycles. The summed E-state index contributed by atoms with van der Waals surface area (Å²) in [5, 5.41) is 3.10. The minimum absolute atomic E-state index is 0.0557. The summed E-state index contributed by atoms with van der Waals surface area (Å²) in [6.45, 7) is 3.18. The molecule has 2 rings (SSSR count). The minimum atomic E-state index is -0.312. The van der Waals surface area contributed by atoms with Crippen molar-refractivity contribution in [1.82, 2.24) is 5.32 Å². The van der Waals surface area contributed by atoms with Crippen molar-refractivity contribution in [3.8, 4) is 5.75 Å². The van der Waals surface area contributed by atoms with Crippen molar-refractivity contribution < 1.29 is 13.9 Å². The van der Waals surface area contributed by atoms with E-state index in [0.29, 0.717) is 12.4 Å². The fourth-order valence-electron chi connectivity index (χ4n) is 2.13. The van der Waals surface area contributed by atoms with Crippen LogP contribution in [0.3, 0.4) is 0 Å². The Balaban J connectivity index is 2.09. The number of para-hydroxylation sites is 1. The molecule has 2 unspecified atom stereocenters. The van der Waals surface area contributed by atoms with E-state index < -0.39 is 0 Å². The third-order valence-corrected chi connectivity index (χ3v) is 3.33. The average Bonchev–Trinajstić information content (AvgIpc) is 2.89. The highest BCUT2D eigenvalue weighted by Crippen LogP contribution is 2.28. The molecule has 0 radical (unpaired) electrons. The van der Waals surface area contributed by atoms with E-state index in [1.54, 1.807) is 6.07 Å². The van der Waals surface area contributed by atoms with E-state index >= 15 is 0 Å². The summed E-state index contributed by atoms with van der Waals surface area (Å²) in [7, 11) is 1.85. The highest BCUT2D eigenvalue weighted by atomic mass is 19.1. The molecule has 3 nitrogen and oxygen atoms in total. The fourth-order valence-corrected chi connectivity index (χ4v) is 2.13. The second-order valence-corrected chi connectivity index (χ2v) is 4.61. The first kappa shape index (κ1) is 13.3. The first-order valence-electron chi connectivity index (χ1n) is 6.42. The van der Waals surface area contributed by atoms with Crippen molar-refractivity contribution in [3.05, 3.63) is 29.6 Å². The van der Waals surface area contributed by atoms with Crippen LogP contribution in [0.5, 0.6) is 5.75 Å². The Bertz CT molecular complexity index is 391. The lowest BCUT2D eigenvalue weighted by Gasteiger charge is -2.18. The zero-order valence-electron chi connectivity index (χ0n) is 10.9. The highest BCUT2D eigenvalue weighted by Gasteiger charge is 2.19. The Labute approximate surface area is 107 Å². The molecule has 1 aliphatic rings. The Morgan fingerprint density at radius 1 is 1.56 bits per heavy atom. The maximum absolute atomic E-state index is 13.8. The predicted octanol–water partition coefficient (Wildman–Crippen LogP) is 2.66. The normalized spacial score (nSPS) is 20.9. The van der Waals surface area contributed by atoms with Crippen molar-refractivity contribution in [2.24, 2.45) is 0 Å².